The number of hydrogen-bond donors (Lipinski definition) is 2. The maximum absolute atomic E-state index is 12.9. The van der Waals surface area contributed by atoms with Crippen molar-refractivity contribution in [1.82, 2.24) is 10.9 Å². The molecule has 2 rings (SSSR count). The Labute approximate surface area is 147 Å². The molecule has 0 bridgehead atoms. The molecule has 0 atom stereocenters. The molecule has 0 unspecified atom stereocenters. The van der Waals surface area contributed by atoms with Crippen LogP contribution in [0.25, 0.3) is 0 Å². The van der Waals surface area contributed by atoms with Crippen molar-refractivity contribution in [2.24, 2.45) is 0 Å². The summed E-state index contributed by atoms with van der Waals surface area (Å²) < 4.78 is 17.7. The van der Waals surface area contributed by atoms with Gasteiger partial charge < -0.3 is 4.74 Å². The Bertz CT molecular complexity index is 809. The highest BCUT2D eigenvalue weighted by Gasteiger charge is 2.15. The first-order chi connectivity index (χ1) is 11.9. The maximum Gasteiger partial charge on any atom is 0.340 e. The molecule has 2 aromatic carbocycles. The predicted molar refractivity (Wildman–Crippen MR) is 88.5 cm³/mol. The van der Waals surface area contributed by atoms with Crippen LogP contribution in [0.3, 0.4) is 0 Å². The molecule has 130 valence electrons. The van der Waals surface area contributed by atoms with Gasteiger partial charge in [-0.25, -0.2) is 9.18 Å². The number of aryl methyl sites for hydroxylation is 1. The molecule has 8 heteroatoms. The van der Waals surface area contributed by atoms with Crippen molar-refractivity contribution >= 4 is 29.4 Å². The molecule has 6 nitrogen and oxygen atoms in total. The third-order valence-corrected chi connectivity index (χ3v) is 3.43. The van der Waals surface area contributed by atoms with E-state index in [9.17, 15) is 18.8 Å². The molecular formula is C17H14ClFN2O4. The molecule has 2 amide bonds. The van der Waals surface area contributed by atoms with Crippen LogP contribution < -0.4 is 10.9 Å². The van der Waals surface area contributed by atoms with Crippen molar-refractivity contribution in [3.8, 4) is 0 Å². The van der Waals surface area contributed by atoms with E-state index < -0.39 is 30.2 Å². The van der Waals surface area contributed by atoms with E-state index in [0.717, 1.165) is 23.8 Å². The monoisotopic (exact) mass is 364 g/mol. The molecule has 0 radical (unpaired) electrons. The van der Waals surface area contributed by atoms with Crippen LogP contribution in [0.1, 0.15) is 26.3 Å². The van der Waals surface area contributed by atoms with Crippen molar-refractivity contribution in [1.29, 1.82) is 0 Å². The summed E-state index contributed by atoms with van der Waals surface area (Å²) in [6.07, 6.45) is 0. The van der Waals surface area contributed by atoms with E-state index in [1.807, 2.05) is 6.92 Å². The Morgan fingerprint density at radius 2 is 1.76 bits per heavy atom. The van der Waals surface area contributed by atoms with Gasteiger partial charge in [0, 0.05) is 5.56 Å². The number of carbonyl (C=O) groups is 3. The van der Waals surface area contributed by atoms with Gasteiger partial charge in [-0.05, 0) is 37.3 Å². The Hall–Kier alpha value is -2.93. The van der Waals surface area contributed by atoms with E-state index in [2.05, 4.69) is 10.9 Å². The zero-order valence-corrected chi connectivity index (χ0v) is 13.9. The van der Waals surface area contributed by atoms with Gasteiger partial charge in [-0.2, -0.15) is 0 Å². The molecule has 2 aromatic rings. The van der Waals surface area contributed by atoms with Gasteiger partial charge in [-0.1, -0.05) is 29.3 Å². The van der Waals surface area contributed by atoms with Crippen molar-refractivity contribution in [3.63, 3.8) is 0 Å². The Morgan fingerprint density at radius 3 is 2.40 bits per heavy atom. The molecule has 0 aliphatic heterocycles. The summed E-state index contributed by atoms with van der Waals surface area (Å²) in [6.45, 7) is 1.24. The first-order valence-electron chi connectivity index (χ1n) is 7.15. The van der Waals surface area contributed by atoms with Gasteiger partial charge in [0.25, 0.3) is 11.8 Å². The Balaban J connectivity index is 1.81. The lowest BCUT2D eigenvalue weighted by Gasteiger charge is -2.09. The van der Waals surface area contributed by atoms with E-state index in [4.69, 9.17) is 16.3 Å². The highest BCUT2D eigenvalue weighted by atomic mass is 35.5. The van der Waals surface area contributed by atoms with Gasteiger partial charge in [0.05, 0.1) is 10.6 Å². The number of esters is 1. The summed E-state index contributed by atoms with van der Waals surface area (Å²) in [5, 5.41) is -0.127. The lowest BCUT2D eigenvalue weighted by atomic mass is 10.1. The summed E-state index contributed by atoms with van der Waals surface area (Å²) >= 11 is 5.72. The number of hydrogen-bond acceptors (Lipinski definition) is 4. The Morgan fingerprint density at radius 1 is 1.08 bits per heavy atom. The van der Waals surface area contributed by atoms with Gasteiger partial charge in [0.2, 0.25) is 0 Å². The topological polar surface area (TPSA) is 84.5 Å². The van der Waals surface area contributed by atoms with Crippen LogP contribution in [-0.2, 0) is 9.53 Å². The zero-order chi connectivity index (χ0) is 18.4. The molecular weight excluding hydrogens is 351 g/mol. The summed E-state index contributed by atoms with van der Waals surface area (Å²) in [5.74, 6) is -2.74. The fraction of sp³-hybridized carbons (Fsp3) is 0.118. The molecule has 0 spiro atoms. The average molecular weight is 365 g/mol. The van der Waals surface area contributed by atoms with Gasteiger partial charge in [0.15, 0.2) is 6.61 Å². The van der Waals surface area contributed by atoms with Gasteiger partial charge in [0.1, 0.15) is 5.82 Å². The molecule has 0 aliphatic carbocycles. The van der Waals surface area contributed by atoms with E-state index in [1.165, 1.54) is 0 Å². The fourth-order valence-electron chi connectivity index (χ4n) is 1.80. The van der Waals surface area contributed by atoms with Gasteiger partial charge >= 0.3 is 5.97 Å². The van der Waals surface area contributed by atoms with Crippen LogP contribution in [0.2, 0.25) is 5.02 Å². The number of amides is 2. The second-order valence-corrected chi connectivity index (χ2v) is 5.48. The number of ether oxygens (including phenoxy) is 1. The number of benzene rings is 2. The molecule has 0 aromatic heterocycles. The van der Waals surface area contributed by atoms with Crippen LogP contribution in [0.15, 0.2) is 42.5 Å². The number of nitrogens with one attached hydrogen (secondary N) is 2. The van der Waals surface area contributed by atoms with Crippen LogP contribution >= 0.6 is 11.6 Å². The smallest absolute Gasteiger partial charge is 0.340 e. The highest BCUT2D eigenvalue weighted by Crippen LogP contribution is 2.18. The maximum atomic E-state index is 12.9. The van der Waals surface area contributed by atoms with Gasteiger partial charge in [-0.3, -0.25) is 20.4 Å². The van der Waals surface area contributed by atoms with E-state index in [-0.39, 0.29) is 10.6 Å². The second kappa shape index (κ2) is 8.25. The largest absolute Gasteiger partial charge is 0.452 e. The highest BCUT2D eigenvalue weighted by molar-refractivity contribution is 6.33. The average Bonchev–Trinajstić information content (AvgIpc) is 2.58. The first-order valence-corrected chi connectivity index (χ1v) is 7.52. The Kier molecular flexibility index (Phi) is 6.08. The van der Waals surface area contributed by atoms with Gasteiger partial charge in [-0.15, -0.1) is 0 Å². The minimum Gasteiger partial charge on any atom is -0.452 e. The third-order valence-electron chi connectivity index (χ3n) is 3.11. The summed E-state index contributed by atoms with van der Waals surface area (Å²) in [4.78, 5) is 35.2. The lowest BCUT2D eigenvalue weighted by molar-refractivity contribution is -0.125. The number of hydrazine groups is 1. The minimum absolute atomic E-state index is 0.0699. The molecule has 0 fully saturated rings. The number of carbonyl (C=O) groups excluding carboxylic acids is 3. The van der Waals surface area contributed by atoms with Crippen molar-refractivity contribution in [2.75, 3.05) is 6.61 Å². The second-order valence-electron chi connectivity index (χ2n) is 5.07. The first kappa shape index (κ1) is 18.4. The van der Waals surface area contributed by atoms with Crippen molar-refractivity contribution in [2.45, 2.75) is 6.92 Å². The SMILES string of the molecule is Cc1ccc(C(=O)NNC(=O)COC(=O)c2ccc(F)cc2Cl)cc1. The normalized spacial score (nSPS) is 10.0. The van der Waals surface area contributed by atoms with Crippen LogP contribution in [0.4, 0.5) is 4.39 Å². The molecule has 0 heterocycles. The van der Waals surface area contributed by atoms with E-state index in [0.29, 0.717) is 5.56 Å². The number of halogens is 2. The summed E-state index contributed by atoms with van der Waals surface area (Å²) in [5.41, 5.74) is 5.60. The minimum atomic E-state index is -0.884. The quantitative estimate of drug-likeness (QED) is 0.644. The van der Waals surface area contributed by atoms with Crippen LogP contribution in [0.5, 0.6) is 0 Å². The van der Waals surface area contributed by atoms with E-state index >= 15 is 0 Å². The van der Waals surface area contributed by atoms with E-state index in [1.54, 1.807) is 24.3 Å². The van der Waals surface area contributed by atoms with Crippen molar-refractivity contribution in [3.05, 3.63) is 70.0 Å². The predicted octanol–water partition coefficient (Wildman–Crippen LogP) is 2.41. The van der Waals surface area contributed by atoms with Crippen molar-refractivity contribution < 1.29 is 23.5 Å². The molecule has 0 saturated carbocycles. The molecule has 0 aliphatic rings. The summed E-state index contributed by atoms with van der Waals surface area (Å²) in [6, 6.07) is 9.87. The fourth-order valence-corrected chi connectivity index (χ4v) is 2.05. The van der Waals surface area contributed by atoms with Crippen LogP contribution in [0, 0.1) is 12.7 Å². The third kappa shape index (κ3) is 5.29. The number of rotatable bonds is 4. The standard InChI is InChI=1S/C17H14ClFN2O4/c1-10-2-4-11(5-3-10)16(23)21-20-15(22)9-25-17(24)13-7-6-12(19)8-14(13)18/h2-8H,9H2,1H3,(H,20,22)(H,21,23). The van der Waals surface area contributed by atoms with Crippen LogP contribution in [-0.4, -0.2) is 24.4 Å². The molecule has 0 saturated heterocycles. The summed E-state index contributed by atoms with van der Waals surface area (Å²) in [7, 11) is 0. The zero-order valence-electron chi connectivity index (χ0n) is 13.1. The molecule has 2 N–H and O–H groups in total. The lowest BCUT2D eigenvalue weighted by Crippen LogP contribution is -2.43. The molecule has 25 heavy (non-hydrogen) atoms.